The fraction of sp³-hybridized carbons (Fsp3) is 0.938. The van der Waals surface area contributed by atoms with Crippen LogP contribution in [0.4, 0.5) is 4.79 Å². The first-order valence-corrected chi connectivity index (χ1v) is 8.58. The quantitative estimate of drug-likeness (QED) is 0.787. The van der Waals surface area contributed by atoms with Crippen molar-refractivity contribution in [2.75, 3.05) is 32.7 Å². The highest BCUT2D eigenvalue weighted by Crippen LogP contribution is 2.23. The van der Waals surface area contributed by atoms with Crippen LogP contribution in [0.1, 0.15) is 58.3 Å². The van der Waals surface area contributed by atoms with Crippen molar-refractivity contribution in [2.24, 2.45) is 0 Å². The second-order valence-electron chi connectivity index (χ2n) is 6.25. The van der Waals surface area contributed by atoms with Gasteiger partial charge in [-0.2, -0.15) is 0 Å². The standard InChI is InChI=1S/C16H31N3O/c1-2-3-7-10-17-16(20)19-13-11-18(12-14-19)15-8-5-4-6-9-15/h15H,2-14H2,1H3,(H,17,20). The first-order chi connectivity index (χ1) is 9.81. The Hall–Kier alpha value is -0.770. The van der Waals surface area contributed by atoms with Crippen LogP contribution in [0, 0.1) is 0 Å². The third-order valence-electron chi connectivity index (χ3n) is 4.75. The highest BCUT2D eigenvalue weighted by Gasteiger charge is 2.26. The first-order valence-electron chi connectivity index (χ1n) is 8.58. The first kappa shape index (κ1) is 15.6. The minimum atomic E-state index is 0.143. The fourth-order valence-electron chi connectivity index (χ4n) is 3.42. The normalized spacial score (nSPS) is 21.9. The van der Waals surface area contributed by atoms with E-state index in [1.54, 1.807) is 0 Å². The minimum Gasteiger partial charge on any atom is -0.338 e. The van der Waals surface area contributed by atoms with Crippen molar-refractivity contribution in [2.45, 2.75) is 64.3 Å². The zero-order valence-electron chi connectivity index (χ0n) is 13.1. The smallest absolute Gasteiger partial charge is 0.317 e. The number of urea groups is 1. The zero-order chi connectivity index (χ0) is 14.2. The van der Waals surface area contributed by atoms with Gasteiger partial charge in [0.2, 0.25) is 0 Å². The van der Waals surface area contributed by atoms with Crippen LogP contribution in [0.5, 0.6) is 0 Å². The molecule has 1 aliphatic carbocycles. The van der Waals surface area contributed by atoms with Gasteiger partial charge in [0, 0.05) is 38.8 Å². The van der Waals surface area contributed by atoms with Crippen LogP contribution in [0.2, 0.25) is 0 Å². The number of piperazine rings is 1. The number of nitrogens with zero attached hydrogens (tertiary/aromatic N) is 2. The summed E-state index contributed by atoms with van der Waals surface area (Å²) in [5.74, 6) is 0. The Kier molecular flexibility index (Phi) is 6.64. The van der Waals surface area contributed by atoms with Crippen LogP contribution < -0.4 is 5.32 Å². The summed E-state index contributed by atoms with van der Waals surface area (Å²) in [6.07, 6.45) is 10.4. The lowest BCUT2D eigenvalue weighted by atomic mass is 9.94. The van der Waals surface area contributed by atoms with Gasteiger partial charge >= 0.3 is 6.03 Å². The lowest BCUT2D eigenvalue weighted by Crippen LogP contribution is -2.54. The summed E-state index contributed by atoms with van der Waals surface area (Å²) >= 11 is 0. The van der Waals surface area contributed by atoms with Crippen molar-refractivity contribution < 1.29 is 4.79 Å². The van der Waals surface area contributed by atoms with Crippen molar-refractivity contribution in [3.05, 3.63) is 0 Å². The molecule has 0 unspecified atom stereocenters. The summed E-state index contributed by atoms with van der Waals surface area (Å²) in [4.78, 5) is 16.6. The highest BCUT2D eigenvalue weighted by atomic mass is 16.2. The van der Waals surface area contributed by atoms with E-state index in [1.165, 1.54) is 44.9 Å². The largest absolute Gasteiger partial charge is 0.338 e. The van der Waals surface area contributed by atoms with Crippen LogP contribution in [-0.4, -0.2) is 54.6 Å². The number of hydrogen-bond acceptors (Lipinski definition) is 2. The number of carbonyl (C=O) groups is 1. The number of hydrogen-bond donors (Lipinski definition) is 1. The molecule has 0 aromatic heterocycles. The van der Waals surface area contributed by atoms with Crippen molar-refractivity contribution in [3.8, 4) is 0 Å². The van der Waals surface area contributed by atoms with Gasteiger partial charge in [-0.3, -0.25) is 4.90 Å². The van der Waals surface area contributed by atoms with E-state index in [1.807, 2.05) is 4.90 Å². The Morgan fingerprint density at radius 1 is 1.05 bits per heavy atom. The summed E-state index contributed by atoms with van der Waals surface area (Å²) in [6, 6.07) is 0.933. The van der Waals surface area contributed by atoms with Crippen molar-refractivity contribution >= 4 is 6.03 Å². The second-order valence-corrected chi connectivity index (χ2v) is 6.25. The SMILES string of the molecule is CCCCCNC(=O)N1CCN(C2CCCCC2)CC1. The van der Waals surface area contributed by atoms with E-state index in [9.17, 15) is 4.79 Å². The maximum atomic E-state index is 12.0. The molecule has 1 N–H and O–H groups in total. The molecule has 0 bridgehead atoms. The Bertz CT molecular complexity index is 281. The average molecular weight is 281 g/mol. The van der Waals surface area contributed by atoms with Gasteiger partial charge < -0.3 is 10.2 Å². The average Bonchev–Trinajstić information content (AvgIpc) is 2.52. The molecule has 116 valence electrons. The van der Waals surface area contributed by atoms with E-state index < -0.39 is 0 Å². The van der Waals surface area contributed by atoms with Gasteiger partial charge in [-0.1, -0.05) is 39.0 Å². The molecule has 2 fully saturated rings. The predicted octanol–water partition coefficient (Wildman–Crippen LogP) is 2.84. The molecule has 2 aliphatic rings. The molecule has 4 heteroatoms. The second kappa shape index (κ2) is 8.50. The van der Waals surface area contributed by atoms with Gasteiger partial charge in [0.15, 0.2) is 0 Å². The molecule has 1 heterocycles. The number of unbranched alkanes of at least 4 members (excludes halogenated alkanes) is 2. The molecule has 0 aromatic carbocycles. The maximum absolute atomic E-state index is 12.0. The van der Waals surface area contributed by atoms with Crippen LogP contribution in [0.3, 0.4) is 0 Å². The third kappa shape index (κ3) is 4.65. The number of nitrogens with one attached hydrogen (secondary N) is 1. The van der Waals surface area contributed by atoms with Crippen molar-refractivity contribution in [3.63, 3.8) is 0 Å². The molecule has 0 aromatic rings. The van der Waals surface area contributed by atoms with E-state index >= 15 is 0 Å². The fourth-order valence-corrected chi connectivity index (χ4v) is 3.42. The molecule has 0 radical (unpaired) electrons. The summed E-state index contributed by atoms with van der Waals surface area (Å²) in [7, 11) is 0. The highest BCUT2D eigenvalue weighted by molar-refractivity contribution is 5.74. The Morgan fingerprint density at radius 3 is 2.40 bits per heavy atom. The summed E-state index contributed by atoms with van der Waals surface area (Å²) in [5, 5.41) is 3.05. The molecule has 2 rings (SSSR count). The molecular weight excluding hydrogens is 250 g/mol. The van der Waals surface area contributed by atoms with Gasteiger partial charge in [0.25, 0.3) is 0 Å². The lowest BCUT2D eigenvalue weighted by molar-refractivity contribution is 0.0906. The molecule has 2 amide bonds. The lowest BCUT2D eigenvalue weighted by Gasteiger charge is -2.40. The van der Waals surface area contributed by atoms with Crippen LogP contribution in [-0.2, 0) is 0 Å². The zero-order valence-corrected chi connectivity index (χ0v) is 13.1. The van der Waals surface area contributed by atoms with Crippen molar-refractivity contribution in [1.82, 2.24) is 15.1 Å². The maximum Gasteiger partial charge on any atom is 0.317 e. The third-order valence-corrected chi connectivity index (χ3v) is 4.75. The molecule has 0 atom stereocenters. The van der Waals surface area contributed by atoms with Gasteiger partial charge in [-0.05, 0) is 19.3 Å². The molecule has 0 spiro atoms. The monoisotopic (exact) mass is 281 g/mol. The van der Waals surface area contributed by atoms with Gasteiger partial charge in [0.1, 0.15) is 0 Å². The van der Waals surface area contributed by atoms with Crippen LogP contribution in [0.25, 0.3) is 0 Å². The van der Waals surface area contributed by atoms with Gasteiger partial charge in [-0.25, -0.2) is 4.79 Å². The van der Waals surface area contributed by atoms with Crippen molar-refractivity contribution in [1.29, 1.82) is 0 Å². The van der Waals surface area contributed by atoms with E-state index in [0.717, 1.165) is 45.2 Å². The van der Waals surface area contributed by atoms with E-state index in [4.69, 9.17) is 0 Å². The number of rotatable bonds is 5. The van der Waals surface area contributed by atoms with E-state index in [2.05, 4.69) is 17.1 Å². The summed E-state index contributed by atoms with van der Waals surface area (Å²) in [6.45, 7) is 6.94. The Balaban J connectivity index is 1.64. The Morgan fingerprint density at radius 2 is 1.75 bits per heavy atom. The number of amides is 2. The number of carbonyl (C=O) groups excluding carboxylic acids is 1. The molecule has 4 nitrogen and oxygen atoms in total. The van der Waals surface area contributed by atoms with E-state index in [-0.39, 0.29) is 6.03 Å². The summed E-state index contributed by atoms with van der Waals surface area (Å²) in [5.41, 5.74) is 0. The topological polar surface area (TPSA) is 35.6 Å². The van der Waals surface area contributed by atoms with Gasteiger partial charge in [0.05, 0.1) is 0 Å². The van der Waals surface area contributed by atoms with E-state index in [0.29, 0.717) is 0 Å². The molecule has 20 heavy (non-hydrogen) atoms. The Labute approximate surface area is 123 Å². The predicted molar refractivity (Wildman–Crippen MR) is 82.9 cm³/mol. The molecular formula is C16H31N3O. The molecule has 1 aliphatic heterocycles. The van der Waals surface area contributed by atoms with Gasteiger partial charge in [-0.15, -0.1) is 0 Å². The van der Waals surface area contributed by atoms with Crippen LogP contribution in [0.15, 0.2) is 0 Å². The van der Waals surface area contributed by atoms with Crippen LogP contribution >= 0.6 is 0 Å². The molecule has 1 saturated heterocycles. The minimum absolute atomic E-state index is 0.143. The summed E-state index contributed by atoms with van der Waals surface area (Å²) < 4.78 is 0. The molecule has 1 saturated carbocycles.